The first-order chi connectivity index (χ1) is 18.9. The third-order valence-corrected chi connectivity index (χ3v) is 7.68. The Hall–Kier alpha value is -2.75. The minimum Gasteiger partial charge on any atom is -0.385 e. The molecule has 0 aliphatic heterocycles. The molecule has 0 radical (unpaired) electrons. The van der Waals surface area contributed by atoms with Crippen molar-refractivity contribution in [3.05, 3.63) is 82.6 Å². The summed E-state index contributed by atoms with van der Waals surface area (Å²) in [4.78, 5) is 31.4. The Morgan fingerprint density at radius 3 is 2.38 bits per heavy atom. The summed E-state index contributed by atoms with van der Waals surface area (Å²) < 4.78 is 8.42. The van der Waals surface area contributed by atoms with Crippen molar-refractivity contribution < 1.29 is 14.3 Å². The fourth-order valence-corrected chi connectivity index (χ4v) is 4.84. The van der Waals surface area contributed by atoms with Crippen molar-refractivity contribution in [2.45, 2.75) is 44.2 Å². The molecule has 0 saturated carbocycles. The van der Waals surface area contributed by atoms with Gasteiger partial charge in [-0.1, -0.05) is 41.4 Å². The van der Waals surface area contributed by atoms with Crippen LogP contribution in [0.25, 0.3) is 0 Å². The van der Waals surface area contributed by atoms with E-state index < -0.39 is 0 Å². The van der Waals surface area contributed by atoms with E-state index in [1.807, 2.05) is 59.8 Å². The standard InChI is InChI=1S/C30H39BrN4O3S/c1-4-5-17-34(22-27-8-6-18-33(27)21-24-9-11-25(31)12-10-24)29(36)23-35(19-7-20-38-2)30(37)32-26-13-15-28(39-3)16-14-26/h6,8-16,18H,4-5,7,17,19-23H2,1-3H3,(H,32,37). The average Bonchev–Trinajstić information content (AvgIpc) is 3.38. The SMILES string of the molecule is CCCCN(Cc1cccn1Cc1ccc(Br)cc1)C(=O)CN(CCCOC)C(=O)Nc1ccc(SC)cc1. The maximum absolute atomic E-state index is 13.6. The molecule has 3 amide bonds. The summed E-state index contributed by atoms with van der Waals surface area (Å²) in [5, 5.41) is 2.95. The molecule has 0 aliphatic rings. The third-order valence-electron chi connectivity index (χ3n) is 6.41. The van der Waals surface area contributed by atoms with Crippen LogP contribution in [0.3, 0.4) is 0 Å². The van der Waals surface area contributed by atoms with E-state index in [4.69, 9.17) is 4.74 Å². The van der Waals surface area contributed by atoms with E-state index in [9.17, 15) is 9.59 Å². The predicted molar refractivity (Wildman–Crippen MR) is 163 cm³/mol. The number of halogens is 1. The molecule has 210 valence electrons. The number of nitrogens with zero attached hydrogens (tertiary/aromatic N) is 3. The smallest absolute Gasteiger partial charge is 0.322 e. The molecule has 0 unspecified atom stereocenters. The normalized spacial score (nSPS) is 10.9. The molecule has 3 aromatic rings. The molecule has 1 aromatic heterocycles. The monoisotopic (exact) mass is 614 g/mol. The van der Waals surface area contributed by atoms with Crippen molar-refractivity contribution >= 4 is 45.3 Å². The van der Waals surface area contributed by atoms with Crippen LogP contribution in [0, 0.1) is 0 Å². The van der Waals surface area contributed by atoms with Gasteiger partial charge in [0, 0.05) is 60.3 Å². The molecule has 0 atom stereocenters. The van der Waals surface area contributed by atoms with Gasteiger partial charge in [0.1, 0.15) is 6.54 Å². The highest BCUT2D eigenvalue weighted by Gasteiger charge is 2.22. The number of unbranched alkanes of at least 4 members (excludes halogenated alkanes) is 1. The molecule has 1 heterocycles. The average molecular weight is 616 g/mol. The second kappa shape index (κ2) is 16.4. The van der Waals surface area contributed by atoms with Gasteiger partial charge in [-0.2, -0.15) is 0 Å². The van der Waals surface area contributed by atoms with Crippen LogP contribution in [0.4, 0.5) is 10.5 Å². The van der Waals surface area contributed by atoms with Gasteiger partial charge in [-0.3, -0.25) is 4.79 Å². The number of aromatic nitrogens is 1. The Morgan fingerprint density at radius 1 is 1.00 bits per heavy atom. The maximum Gasteiger partial charge on any atom is 0.322 e. The minimum absolute atomic E-state index is 0.00950. The molecule has 0 aliphatic carbocycles. The number of nitrogens with one attached hydrogen (secondary N) is 1. The van der Waals surface area contributed by atoms with E-state index in [0.29, 0.717) is 38.3 Å². The van der Waals surface area contributed by atoms with Gasteiger partial charge in [0.05, 0.1) is 6.54 Å². The van der Waals surface area contributed by atoms with Gasteiger partial charge in [-0.15, -0.1) is 11.8 Å². The lowest BCUT2D eigenvalue weighted by atomic mass is 10.2. The fraction of sp³-hybridized carbons (Fsp3) is 0.400. The Balaban J connectivity index is 1.71. The summed E-state index contributed by atoms with van der Waals surface area (Å²) >= 11 is 5.14. The quantitative estimate of drug-likeness (QED) is 0.152. The number of carbonyl (C=O) groups is 2. The zero-order chi connectivity index (χ0) is 28.0. The molecule has 39 heavy (non-hydrogen) atoms. The Bertz CT molecular complexity index is 1170. The van der Waals surface area contributed by atoms with Crippen LogP contribution < -0.4 is 5.32 Å². The zero-order valence-electron chi connectivity index (χ0n) is 23.1. The lowest BCUT2D eigenvalue weighted by Crippen LogP contribution is -2.45. The van der Waals surface area contributed by atoms with Crippen molar-refractivity contribution in [2.24, 2.45) is 0 Å². The van der Waals surface area contributed by atoms with Crippen LogP contribution in [-0.4, -0.2) is 65.9 Å². The summed E-state index contributed by atoms with van der Waals surface area (Å²) in [5.74, 6) is -0.0647. The molecule has 0 spiro atoms. The largest absolute Gasteiger partial charge is 0.385 e. The van der Waals surface area contributed by atoms with Crippen molar-refractivity contribution in [3.63, 3.8) is 0 Å². The van der Waals surface area contributed by atoms with E-state index in [1.54, 1.807) is 23.8 Å². The Labute approximate surface area is 245 Å². The summed E-state index contributed by atoms with van der Waals surface area (Å²) in [5.41, 5.74) is 2.95. The molecular weight excluding hydrogens is 576 g/mol. The lowest BCUT2D eigenvalue weighted by Gasteiger charge is -2.28. The number of anilines is 1. The van der Waals surface area contributed by atoms with Crippen LogP contribution in [0.5, 0.6) is 0 Å². The van der Waals surface area contributed by atoms with Gasteiger partial charge in [0.25, 0.3) is 0 Å². The topological polar surface area (TPSA) is 66.8 Å². The third kappa shape index (κ3) is 10.1. The summed E-state index contributed by atoms with van der Waals surface area (Å²) in [7, 11) is 1.64. The fourth-order valence-electron chi connectivity index (χ4n) is 4.16. The van der Waals surface area contributed by atoms with Crippen molar-refractivity contribution in [1.82, 2.24) is 14.4 Å². The second-order valence-corrected chi connectivity index (χ2v) is 11.1. The highest BCUT2D eigenvalue weighted by molar-refractivity contribution is 9.10. The summed E-state index contributed by atoms with van der Waals surface area (Å²) in [6, 6.07) is 19.8. The number of hydrogen-bond donors (Lipinski definition) is 1. The van der Waals surface area contributed by atoms with Gasteiger partial charge >= 0.3 is 6.03 Å². The molecule has 0 saturated heterocycles. The van der Waals surface area contributed by atoms with Gasteiger partial charge in [0.2, 0.25) is 5.91 Å². The molecule has 9 heteroatoms. The van der Waals surface area contributed by atoms with Crippen LogP contribution in [0.1, 0.15) is 37.4 Å². The number of rotatable bonds is 15. The molecule has 0 fully saturated rings. The Morgan fingerprint density at radius 2 is 1.72 bits per heavy atom. The summed E-state index contributed by atoms with van der Waals surface area (Å²) in [6.07, 6.45) is 6.59. The molecule has 7 nitrogen and oxygen atoms in total. The van der Waals surface area contributed by atoms with Crippen molar-refractivity contribution in [2.75, 3.05) is 44.9 Å². The molecule has 1 N–H and O–H groups in total. The van der Waals surface area contributed by atoms with Gasteiger partial charge in [-0.25, -0.2) is 4.79 Å². The number of amides is 3. The molecule has 3 rings (SSSR count). The van der Waals surface area contributed by atoms with Crippen LogP contribution in [0.15, 0.2) is 76.2 Å². The number of benzene rings is 2. The van der Waals surface area contributed by atoms with E-state index >= 15 is 0 Å². The second-order valence-electron chi connectivity index (χ2n) is 9.35. The minimum atomic E-state index is -0.287. The molecular formula is C30H39BrN4O3S. The van der Waals surface area contributed by atoms with Crippen molar-refractivity contribution in [3.8, 4) is 0 Å². The number of ether oxygens (including phenoxy) is 1. The van der Waals surface area contributed by atoms with Gasteiger partial charge in [-0.05, 0) is 73.2 Å². The van der Waals surface area contributed by atoms with E-state index in [1.165, 1.54) is 5.56 Å². The van der Waals surface area contributed by atoms with E-state index in [2.05, 4.69) is 50.9 Å². The maximum atomic E-state index is 13.6. The first-order valence-corrected chi connectivity index (χ1v) is 15.3. The summed E-state index contributed by atoms with van der Waals surface area (Å²) in [6.45, 7) is 4.93. The number of hydrogen-bond acceptors (Lipinski definition) is 4. The van der Waals surface area contributed by atoms with E-state index in [-0.39, 0.29) is 18.5 Å². The van der Waals surface area contributed by atoms with Crippen LogP contribution in [-0.2, 0) is 22.6 Å². The first kappa shape index (κ1) is 30.8. The molecule has 2 aromatic carbocycles. The highest BCUT2D eigenvalue weighted by atomic mass is 79.9. The van der Waals surface area contributed by atoms with Gasteiger partial charge < -0.3 is 24.4 Å². The number of urea groups is 1. The zero-order valence-corrected chi connectivity index (χ0v) is 25.5. The van der Waals surface area contributed by atoms with Gasteiger partial charge in [0.15, 0.2) is 0 Å². The number of carbonyl (C=O) groups excluding carboxylic acids is 2. The number of methoxy groups -OCH3 is 1. The van der Waals surface area contributed by atoms with E-state index in [0.717, 1.165) is 34.4 Å². The number of thioether (sulfide) groups is 1. The van der Waals surface area contributed by atoms with Crippen LogP contribution >= 0.6 is 27.7 Å². The van der Waals surface area contributed by atoms with Crippen molar-refractivity contribution in [1.29, 1.82) is 0 Å². The molecule has 0 bridgehead atoms. The Kier molecular flexibility index (Phi) is 12.9. The van der Waals surface area contributed by atoms with Crippen LogP contribution in [0.2, 0.25) is 0 Å². The predicted octanol–water partition coefficient (Wildman–Crippen LogP) is 6.72. The lowest BCUT2D eigenvalue weighted by molar-refractivity contribution is -0.132. The first-order valence-electron chi connectivity index (χ1n) is 13.3. The highest BCUT2D eigenvalue weighted by Crippen LogP contribution is 2.18.